The van der Waals surface area contributed by atoms with Crippen molar-refractivity contribution in [3.05, 3.63) is 99.9 Å². The molecule has 0 aliphatic rings. The van der Waals surface area contributed by atoms with Crippen LogP contribution in [0.5, 0.6) is 17.2 Å². The van der Waals surface area contributed by atoms with Crippen LogP contribution >= 0.6 is 0 Å². The second kappa shape index (κ2) is 10.3. The largest absolute Gasteiger partial charge is 0.504 e. The van der Waals surface area contributed by atoms with Crippen LogP contribution in [0.4, 0.5) is 0 Å². The molecule has 10 nitrogen and oxygen atoms in total. The van der Waals surface area contributed by atoms with Crippen LogP contribution in [0.3, 0.4) is 0 Å². The number of furan rings is 1. The first kappa shape index (κ1) is 26.1. The third kappa shape index (κ3) is 4.62. The Morgan fingerprint density at radius 3 is 2.15 bits per heavy atom. The number of methoxy groups -OCH3 is 1. The summed E-state index contributed by atoms with van der Waals surface area (Å²) in [4.78, 5) is 36.8. The topological polar surface area (TPSA) is 168 Å². The van der Waals surface area contributed by atoms with Crippen molar-refractivity contribution < 1.29 is 43.6 Å². The van der Waals surface area contributed by atoms with E-state index in [1.807, 2.05) is 0 Å². The van der Waals surface area contributed by atoms with E-state index in [2.05, 4.69) is 0 Å². The minimum Gasteiger partial charge on any atom is -0.504 e. The predicted molar refractivity (Wildman–Crippen MR) is 142 cm³/mol. The van der Waals surface area contributed by atoms with Crippen molar-refractivity contribution in [1.82, 2.24) is 0 Å². The second-order valence-electron chi connectivity index (χ2n) is 8.92. The Morgan fingerprint density at radius 1 is 0.825 bits per heavy atom. The van der Waals surface area contributed by atoms with Gasteiger partial charge in [0.25, 0.3) is 0 Å². The molecule has 0 radical (unpaired) electrons. The summed E-state index contributed by atoms with van der Waals surface area (Å²) in [6, 6.07) is 18.8. The molecule has 1 atom stereocenters. The van der Waals surface area contributed by atoms with Crippen LogP contribution in [0.25, 0.3) is 33.6 Å². The summed E-state index contributed by atoms with van der Waals surface area (Å²) >= 11 is 0. The molecule has 0 aliphatic carbocycles. The third-order valence-electron chi connectivity index (χ3n) is 6.52. The lowest BCUT2D eigenvalue weighted by Gasteiger charge is -2.19. The van der Waals surface area contributed by atoms with Crippen LogP contribution in [0, 0.1) is 0 Å². The molecule has 202 valence electrons. The van der Waals surface area contributed by atoms with Gasteiger partial charge in [0.1, 0.15) is 28.2 Å². The number of carboxylic acids is 1. The molecule has 2 aromatic heterocycles. The van der Waals surface area contributed by atoms with Crippen LogP contribution in [-0.4, -0.2) is 39.5 Å². The fourth-order valence-electron chi connectivity index (χ4n) is 4.51. The van der Waals surface area contributed by atoms with Gasteiger partial charge >= 0.3 is 11.9 Å². The fraction of sp³-hybridized carbons (Fsp3) is 0.100. The molecular weight excluding hydrogens is 520 g/mol. The number of carbonyl (C=O) groups is 2. The van der Waals surface area contributed by atoms with E-state index in [1.54, 1.807) is 48.5 Å². The first-order valence-corrected chi connectivity index (χ1v) is 12.0. The highest BCUT2D eigenvalue weighted by atomic mass is 16.5. The van der Waals surface area contributed by atoms with Gasteiger partial charge in [-0.3, -0.25) is 9.59 Å². The molecule has 0 saturated carbocycles. The first-order valence-electron chi connectivity index (χ1n) is 12.0. The molecule has 3 aromatic carbocycles. The van der Waals surface area contributed by atoms with E-state index in [0.29, 0.717) is 16.9 Å². The summed E-state index contributed by atoms with van der Waals surface area (Å²) in [7, 11) is 1.18. The molecule has 5 rings (SSSR count). The highest BCUT2D eigenvalue weighted by Crippen LogP contribution is 2.49. The number of phenolic OH excluding ortho intramolecular Hbond substituents is 3. The van der Waals surface area contributed by atoms with Gasteiger partial charge in [-0.25, -0.2) is 4.79 Å². The van der Waals surface area contributed by atoms with Gasteiger partial charge in [-0.15, -0.1) is 0 Å². The van der Waals surface area contributed by atoms with Crippen LogP contribution in [0.15, 0.2) is 86.4 Å². The zero-order chi connectivity index (χ0) is 28.6. The van der Waals surface area contributed by atoms with Gasteiger partial charge in [0.05, 0.1) is 30.6 Å². The smallest absolute Gasteiger partial charge is 0.335 e. The Bertz CT molecular complexity index is 1800. The van der Waals surface area contributed by atoms with Crippen molar-refractivity contribution in [2.45, 2.75) is 12.3 Å². The summed E-state index contributed by atoms with van der Waals surface area (Å²) in [5.74, 6) is -4.99. The number of ether oxygens (including phenoxy) is 1. The average Bonchev–Trinajstić information content (AvgIpc) is 3.45. The summed E-state index contributed by atoms with van der Waals surface area (Å²) in [6.07, 6.45) is -0.395. The number of aromatic hydroxyl groups is 3. The number of hydrogen-bond acceptors (Lipinski definition) is 9. The average molecular weight is 542 g/mol. The molecule has 0 unspecified atom stereocenters. The van der Waals surface area contributed by atoms with Crippen molar-refractivity contribution in [1.29, 1.82) is 0 Å². The lowest BCUT2D eigenvalue weighted by Crippen LogP contribution is -2.12. The molecule has 4 N–H and O–H groups in total. The van der Waals surface area contributed by atoms with Crippen LogP contribution in [0.2, 0.25) is 0 Å². The summed E-state index contributed by atoms with van der Waals surface area (Å²) < 4.78 is 16.9. The number of hydrogen-bond donors (Lipinski definition) is 4. The normalized spacial score (nSPS) is 11.8. The van der Waals surface area contributed by atoms with Gasteiger partial charge in [0.2, 0.25) is 5.75 Å². The summed E-state index contributed by atoms with van der Waals surface area (Å²) in [6.45, 7) is 0. The maximum absolute atomic E-state index is 13.1. The Kier molecular flexibility index (Phi) is 6.75. The van der Waals surface area contributed by atoms with E-state index in [-0.39, 0.29) is 28.2 Å². The van der Waals surface area contributed by atoms with E-state index in [9.17, 15) is 29.7 Å². The van der Waals surface area contributed by atoms with Gasteiger partial charge in [0.15, 0.2) is 16.9 Å². The molecule has 40 heavy (non-hydrogen) atoms. The molecule has 0 fully saturated rings. The van der Waals surface area contributed by atoms with E-state index in [4.69, 9.17) is 18.7 Å². The van der Waals surface area contributed by atoms with Crippen molar-refractivity contribution >= 4 is 22.9 Å². The standard InChI is InChI=1S/C30H22O10/c1-38-23(32)13-18(21-12-11-20(39-21)16-7-9-17(10-8-16)30(36)37)24-26(33)28(35)27(34)25-19(31)14-22(40-29(24)25)15-5-3-2-4-6-15/h2-12,14,18,33-35H,13H2,1H3,(H,36,37)/t18-/m1/s1. The molecular formula is C30H22O10. The van der Waals surface area contributed by atoms with Crippen LogP contribution in [0.1, 0.15) is 34.0 Å². The molecule has 0 amide bonds. The van der Waals surface area contributed by atoms with Gasteiger partial charge < -0.3 is 34.0 Å². The molecule has 0 bridgehead atoms. The number of carboxylic acid groups (broad SMARTS) is 1. The Morgan fingerprint density at radius 2 is 1.50 bits per heavy atom. The van der Waals surface area contributed by atoms with Crippen LogP contribution < -0.4 is 5.43 Å². The zero-order valence-electron chi connectivity index (χ0n) is 21.0. The number of rotatable bonds is 7. The molecule has 0 aliphatic heterocycles. The van der Waals surface area contributed by atoms with E-state index in [1.165, 1.54) is 25.3 Å². The minimum absolute atomic E-state index is 0.0827. The van der Waals surface area contributed by atoms with Crippen molar-refractivity contribution in [2.75, 3.05) is 7.11 Å². The number of esters is 1. The maximum atomic E-state index is 13.1. The Labute approximate surface area is 225 Å². The number of fused-ring (bicyclic) bond motifs is 1. The van der Waals surface area contributed by atoms with Gasteiger partial charge in [0, 0.05) is 17.2 Å². The molecule has 0 spiro atoms. The lowest BCUT2D eigenvalue weighted by molar-refractivity contribution is -0.140. The van der Waals surface area contributed by atoms with Crippen molar-refractivity contribution in [3.63, 3.8) is 0 Å². The SMILES string of the molecule is COC(=O)C[C@H](c1ccc(-c2ccc(C(=O)O)cc2)o1)c1c(O)c(O)c(O)c2c(=O)cc(-c3ccccc3)oc12. The second-order valence-corrected chi connectivity index (χ2v) is 8.92. The summed E-state index contributed by atoms with van der Waals surface area (Å²) in [5, 5.41) is 40.9. The molecule has 5 aromatic rings. The monoisotopic (exact) mass is 542 g/mol. The number of phenols is 3. The highest BCUT2D eigenvalue weighted by Gasteiger charge is 2.33. The number of carbonyl (C=O) groups excluding carboxylic acids is 1. The van der Waals surface area contributed by atoms with Crippen molar-refractivity contribution in [2.24, 2.45) is 0 Å². The summed E-state index contributed by atoms with van der Waals surface area (Å²) in [5.41, 5.74) is 0.0381. The fourth-order valence-corrected chi connectivity index (χ4v) is 4.51. The van der Waals surface area contributed by atoms with Gasteiger partial charge in [-0.1, -0.05) is 42.5 Å². The van der Waals surface area contributed by atoms with Crippen molar-refractivity contribution in [3.8, 4) is 39.9 Å². The van der Waals surface area contributed by atoms with E-state index >= 15 is 0 Å². The molecule has 2 heterocycles. The Balaban J connectivity index is 1.73. The lowest BCUT2D eigenvalue weighted by atomic mass is 9.90. The van der Waals surface area contributed by atoms with E-state index < -0.39 is 52.3 Å². The predicted octanol–water partition coefficient (Wildman–Crippen LogP) is 5.23. The number of aromatic carboxylic acids is 1. The Hall–Kier alpha value is -5.51. The maximum Gasteiger partial charge on any atom is 0.335 e. The first-order chi connectivity index (χ1) is 19.2. The molecule has 10 heteroatoms. The quantitative estimate of drug-likeness (QED) is 0.158. The number of benzene rings is 3. The third-order valence-corrected chi connectivity index (χ3v) is 6.52. The highest BCUT2D eigenvalue weighted by molar-refractivity contribution is 5.93. The van der Waals surface area contributed by atoms with Gasteiger partial charge in [-0.2, -0.15) is 0 Å². The van der Waals surface area contributed by atoms with E-state index in [0.717, 1.165) is 6.07 Å². The van der Waals surface area contributed by atoms with Gasteiger partial charge in [-0.05, 0) is 24.3 Å². The zero-order valence-corrected chi connectivity index (χ0v) is 21.0. The minimum atomic E-state index is -1.14. The van der Waals surface area contributed by atoms with Crippen LogP contribution in [-0.2, 0) is 9.53 Å². The molecule has 0 saturated heterocycles.